The van der Waals surface area contributed by atoms with Crippen LogP contribution in [0.25, 0.3) is 0 Å². The van der Waals surface area contributed by atoms with E-state index in [1.807, 2.05) is 24.0 Å². The topological polar surface area (TPSA) is 46.3 Å². The van der Waals surface area contributed by atoms with Gasteiger partial charge in [0, 0.05) is 35.1 Å². The van der Waals surface area contributed by atoms with Crippen molar-refractivity contribution in [1.82, 2.24) is 4.90 Å². The largest absolute Gasteiger partial charge is 0.342 e. The van der Waals surface area contributed by atoms with Crippen molar-refractivity contribution in [3.05, 3.63) is 33.8 Å². The predicted molar refractivity (Wildman–Crippen MR) is 90.3 cm³/mol. The third-order valence-electron chi connectivity index (χ3n) is 4.98. The molecule has 4 atom stereocenters. The molecule has 3 nitrogen and oxygen atoms in total. The number of hydrogen-bond acceptors (Lipinski definition) is 2. The molecule has 1 amide bonds. The summed E-state index contributed by atoms with van der Waals surface area (Å²) in [5, 5.41) is 1.30. The van der Waals surface area contributed by atoms with Crippen molar-refractivity contribution in [2.75, 3.05) is 13.1 Å². The van der Waals surface area contributed by atoms with Gasteiger partial charge in [-0.2, -0.15) is 0 Å². The van der Waals surface area contributed by atoms with Crippen molar-refractivity contribution in [1.29, 1.82) is 0 Å². The summed E-state index contributed by atoms with van der Waals surface area (Å²) < 4.78 is 0. The van der Waals surface area contributed by atoms with Crippen LogP contribution in [0.5, 0.6) is 0 Å². The molecular weight excluding hydrogens is 319 g/mol. The van der Waals surface area contributed by atoms with Gasteiger partial charge in [-0.3, -0.25) is 4.79 Å². The summed E-state index contributed by atoms with van der Waals surface area (Å²) in [6.07, 6.45) is 3.06. The number of hydrogen-bond donors (Lipinski definition) is 1. The third-order valence-corrected chi connectivity index (χ3v) is 5.55. The summed E-state index contributed by atoms with van der Waals surface area (Å²) >= 11 is 12.2. The number of nitrogens with zero attached hydrogens (tertiary/aromatic N) is 1. The predicted octanol–water partition coefficient (Wildman–Crippen LogP) is 3.68. The molecule has 5 heteroatoms. The summed E-state index contributed by atoms with van der Waals surface area (Å²) in [5.74, 6) is 1.01. The van der Waals surface area contributed by atoms with Gasteiger partial charge in [-0.25, -0.2) is 0 Å². The van der Waals surface area contributed by atoms with E-state index in [1.54, 1.807) is 6.07 Å². The van der Waals surface area contributed by atoms with Crippen molar-refractivity contribution < 1.29 is 4.79 Å². The van der Waals surface area contributed by atoms with E-state index in [0.29, 0.717) is 16.0 Å². The highest BCUT2D eigenvalue weighted by Crippen LogP contribution is 2.51. The molecule has 0 aromatic heterocycles. The first kappa shape index (κ1) is 16.1. The van der Waals surface area contributed by atoms with Gasteiger partial charge in [0.2, 0.25) is 5.91 Å². The lowest BCUT2D eigenvalue weighted by Crippen LogP contribution is -2.45. The van der Waals surface area contributed by atoms with Crippen LogP contribution < -0.4 is 5.73 Å². The molecule has 22 heavy (non-hydrogen) atoms. The zero-order valence-corrected chi connectivity index (χ0v) is 14.3. The Kier molecular flexibility index (Phi) is 4.67. The number of benzene rings is 1. The standard InChI is InChI=1S/C17H22Cl2N2O/c1-10(20)11-3-2-6-21(9-11)17(22)15-8-14(15)13-5-4-12(18)7-16(13)19/h4-5,7,10-11,14-15H,2-3,6,8-9,20H2,1H3/t10-,11+,14-,15-/m0/s1. The fourth-order valence-corrected chi connectivity index (χ4v) is 4.04. The van der Waals surface area contributed by atoms with E-state index < -0.39 is 0 Å². The fourth-order valence-electron chi connectivity index (χ4n) is 3.49. The maximum atomic E-state index is 12.7. The Balaban J connectivity index is 1.65. The molecule has 1 saturated heterocycles. The van der Waals surface area contributed by atoms with Crippen LogP contribution in [0.15, 0.2) is 18.2 Å². The lowest BCUT2D eigenvalue weighted by Gasteiger charge is -2.35. The van der Waals surface area contributed by atoms with Crippen LogP contribution in [0.4, 0.5) is 0 Å². The molecule has 120 valence electrons. The quantitative estimate of drug-likeness (QED) is 0.912. The molecule has 1 aromatic carbocycles. The highest BCUT2D eigenvalue weighted by atomic mass is 35.5. The minimum Gasteiger partial charge on any atom is -0.342 e. The number of piperidine rings is 1. The molecule has 2 N–H and O–H groups in total. The van der Waals surface area contributed by atoms with Crippen molar-refractivity contribution in [2.45, 2.75) is 38.1 Å². The number of nitrogens with two attached hydrogens (primary N) is 1. The molecule has 0 bridgehead atoms. The Bertz CT molecular complexity index is 576. The summed E-state index contributed by atoms with van der Waals surface area (Å²) in [6.45, 7) is 3.69. The maximum absolute atomic E-state index is 12.7. The van der Waals surface area contributed by atoms with E-state index in [9.17, 15) is 4.79 Å². The average Bonchev–Trinajstić information content (AvgIpc) is 3.27. The zero-order valence-electron chi connectivity index (χ0n) is 12.8. The molecule has 1 aliphatic heterocycles. The SMILES string of the molecule is C[C@H](N)[C@@H]1CCCN(C(=O)[C@H]2C[C@H]2c2ccc(Cl)cc2Cl)C1. The Hall–Kier alpha value is -0.770. The van der Waals surface area contributed by atoms with Crippen LogP contribution in [0.3, 0.4) is 0 Å². The maximum Gasteiger partial charge on any atom is 0.226 e. The van der Waals surface area contributed by atoms with Crippen molar-refractivity contribution in [3.8, 4) is 0 Å². The van der Waals surface area contributed by atoms with Gasteiger partial charge in [0.15, 0.2) is 0 Å². The van der Waals surface area contributed by atoms with Crippen LogP contribution in [0.2, 0.25) is 10.0 Å². The molecule has 2 fully saturated rings. The Morgan fingerprint density at radius 2 is 2.18 bits per heavy atom. The van der Waals surface area contributed by atoms with E-state index in [0.717, 1.165) is 37.9 Å². The first-order valence-electron chi connectivity index (χ1n) is 7.96. The number of rotatable bonds is 3. The van der Waals surface area contributed by atoms with Crippen LogP contribution >= 0.6 is 23.2 Å². The Morgan fingerprint density at radius 3 is 2.86 bits per heavy atom. The third kappa shape index (κ3) is 3.27. The molecule has 1 heterocycles. The van der Waals surface area contributed by atoms with Crippen LogP contribution in [-0.2, 0) is 4.79 Å². The molecule has 1 aromatic rings. The number of carbonyl (C=O) groups is 1. The van der Waals surface area contributed by atoms with Crippen LogP contribution in [-0.4, -0.2) is 29.9 Å². The smallest absolute Gasteiger partial charge is 0.226 e. The molecule has 1 aliphatic carbocycles. The van der Waals surface area contributed by atoms with Gasteiger partial charge in [0.1, 0.15) is 0 Å². The summed E-state index contributed by atoms with van der Waals surface area (Å²) in [7, 11) is 0. The second kappa shape index (κ2) is 6.38. The molecular formula is C17H22Cl2N2O. The van der Waals surface area contributed by atoms with Gasteiger partial charge in [0.05, 0.1) is 0 Å². The monoisotopic (exact) mass is 340 g/mol. The molecule has 2 aliphatic rings. The zero-order chi connectivity index (χ0) is 15.9. The minimum absolute atomic E-state index is 0.0745. The Morgan fingerprint density at radius 1 is 1.41 bits per heavy atom. The fraction of sp³-hybridized carbons (Fsp3) is 0.588. The van der Waals surface area contributed by atoms with Crippen molar-refractivity contribution >= 4 is 29.1 Å². The molecule has 0 spiro atoms. The van der Waals surface area contributed by atoms with Gasteiger partial charge in [-0.05, 0) is 55.7 Å². The molecule has 0 radical (unpaired) electrons. The number of amides is 1. The highest BCUT2D eigenvalue weighted by Gasteiger charge is 2.47. The number of likely N-dealkylation sites (tertiary alicyclic amines) is 1. The minimum atomic E-state index is 0.0745. The van der Waals surface area contributed by atoms with E-state index in [2.05, 4.69) is 0 Å². The first-order chi connectivity index (χ1) is 10.5. The highest BCUT2D eigenvalue weighted by molar-refractivity contribution is 6.35. The number of halogens is 2. The van der Waals surface area contributed by atoms with Gasteiger partial charge < -0.3 is 10.6 Å². The van der Waals surface area contributed by atoms with E-state index in [-0.39, 0.29) is 23.8 Å². The average molecular weight is 341 g/mol. The first-order valence-corrected chi connectivity index (χ1v) is 8.72. The van der Waals surface area contributed by atoms with Crippen molar-refractivity contribution in [2.24, 2.45) is 17.6 Å². The van der Waals surface area contributed by atoms with Crippen molar-refractivity contribution in [3.63, 3.8) is 0 Å². The lowest BCUT2D eigenvalue weighted by molar-refractivity contribution is -0.134. The lowest BCUT2D eigenvalue weighted by atomic mass is 9.92. The van der Waals surface area contributed by atoms with E-state index in [1.165, 1.54) is 0 Å². The van der Waals surface area contributed by atoms with E-state index >= 15 is 0 Å². The molecule has 3 rings (SSSR count). The van der Waals surface area contributed by atoms with Gasteiger partial charge >= 0.3 is 0 Å². The molecule has 1 saturated carbocycles. The second-order valence-corrected chi connectivity index (χ2v) is 7.50. The second-order valence-electron chi connectivity index (χ2n) is 6.66. The van der Waals surface area contributed by atoms with Gasteiger partial charge in [-0.15, -0.1) is 0 Å². The van der Waals surface area contributed by atoms with E-state index in [4.69, 9.17) is 28.9 Å². The number of carbonyl (C=O) groups excluding carboxylic acids is 1. The van der Waals surface area contributed by atoms with Gasteiger partial charge in [0.25, 0.3) is 0 Å². The Labute approximate surface area is 141 Å². The van der Waals surface area contributed by atoms with Crippen LogP contribution in [0, 0.1) is 11.8 Å². The normalized spacial score (nSPS) is 29.3. The van der Waals surface area contributed by atoms with Gasteiger partial charge in [-0.1, -0.05) is 29.3 Å². The summed E-state index contributed by atoms with van der Waals surface area (Å²) in [4.78, 5) is 14.7. The summed E-state index contributed by atoms with van der Waals surface area (Å²) in [5.41, 5.74) is 7.05. The summed E-state index contributed by atoms with van der Waals surface area (Å²) in [6, 6.07) is 5.70. The molecule has 0 unspecified atom stereocenters. The van der Waals surface area contributed by atoms with Crippen LogP contribution in [0.1, 0.15) is 37.7 Å².